The average Bonchev–Trinajstić information content (AvgIpc) is 3.07. The largest absolute Gasteiger partial charge is 0.486 e. The number of rotatable bonds is 5. The third-order valence-electron chi connectivity index (χ3n) is 2.64. The molecule has 0 unspecified atom stereocenters. The van der Waals surface area contributed by atoms with E-state index in [0.717, 1.165) is 12.8 Å². The summed E-state index contributed by atoms with van der Waals surface area (Å²) in [6.07, 6.45) is 1.93. The van der Waals surface area contributed by atoms with E-state index >= 15 is 0 Å². The van der Waals surface area contributed by atoms with Crippen molar-refractivity contribution < 1.29 is 22.5 Å². The second kappa shape index (κ2) is 4.93. The SMILES string of the molecule is O=[N+]([O-])c1cc(S(=O)(=O)Cl)c(F)cc1OCC1CC1. The molecule has 19 heavy (non-hydrogen) atoms. The third-order valence-corrected chi connectivity index (χ3v) is 3.98. The summed E-state index contributed by atoms with van der Waals surface area (Å²) in [6.45, 7) is 0.243. The lowest BCUT2D eigenvalue weighted by Crippen LogP contribution is -2.05. The third kappa shape index (κ3) is 3.32. The van der Waals surface area contributed by atoms with Gasteiger partial charge in [-0.15, -0.1) is 0 Å². The lowest BCUT2D eigenvalue weighted by Gasteiger charge is -2.07. The van der Waals surface area contributed by atoms with Crippen LogP contribution in [0.25, 0.3) is 0 Å². The quantitative estimate of drug-likeness (QED) is 0.473. The molecule has 0 amide bonds. The van der Waals surface area contributed by atoms with Crippen molar-refractivity contribution in [3.8, 4) is 5.75 Å². The Balaban J connectivity index is 2.42. The van der Waals surface area contributed by atoms with Gasteiger partial charge in [0.1, 0.15) is 10.7 Å². The second-order valence-electron chi connectivity index (χ2n) is 4.20. The van der Waals surface area contributed by atoms with Gasteiger partial charge < -0.3 is 4.74 Å². The molecule has 0 spiro atoms. The molecular weight excluding hydrogens is 301 g/mol. The highest BCUT2D eigenvalue weighted by Gasteiger charge is 2.28. The van der Waals surface area contributed by atoms with Crippen LogP contribution in [0.3, 0.4) is 0 Å². The molecule has 0 heterocycles. The molecule has 0 atom stereocenters. The molecule has 6 nitrogen and oxygen atoms in total. The first-order chi connectivity index (χ1) is 8.79. The number of nitro benzene ring substituents is 1. The van der Waals surface area contributed by atoms with E-state index < -0.39 is 30.4 Å². The summed E-state index contributed by atoms with van der Waals surface area (Å²) in [5.74, 6) is -1.15. The Hall–Kier alpha value is -1.41. The molecule has 1 aliphatic carbocycles. The highest BCUT2D eigenvalue weighted by Crippen LogP contribution is 2.35. The van der Waals surface area contributed by atoms with Crippen molar-refractivity contribution in [2.45, 2.75) is 17.7 Å². The molecule has 0 saturated heterocycles. The highest BCUT2D eigenvalue weighted by molar-refractivity contribution is 8.13. The van der Waals surface area contributed by atoms with E-state index in [4.69, 9.17) is 15.4 Å². The van der Waals surface area contributed by atoms with Crippen LogP contribution in [-0.4, -0.2) is 19.9 Å². The van der Waals surface area contributed by atoms with Crippen LogP contribution in [0, 0.1) is 21.8 Å². The fourth-order valence-electron chi connectivity index (χ4n) is 1.46. The number of nitro groups is 1. The molecule has 0 aliphatic heterocycles. The van der Waals surface area contributed by atoms with E-state index in [1.165, 1.54) is 0 Å². The van der Waals surface area contributed by atoms with E-state index in [1.54, 1.807) is 0 Å². The number of nitrogens with zero attached hydrogens (tertiary/aromatic N) is 1. The molecule has 0 bridgehead atoms. The summed E-state index contributed by atoms with van der Waals surface area (Å²) >= 11 is 0. The van der Waals surface area contributed by atoms with Crippen molar-refractivity contribution in [3.05, 3.63) is 28.1 Å². The van der Waals surface area contributed by atoms with Crippen LogP contribution < -0.4 is 4.74 Å². The van der Waals surface area contributed by atoms with E-state index in [2.05, 4.69) is 0 Å². The van der Waals surface area contributed by atoms with Gasteiger partial charge in [0, 0.05) is 22.8 Å². The molecule has 0 N–H and O–H groups in total. The number of halogens is 2. The number of hydrogen-bond donors (Lipinski definition) is 0. The van der Waals surface area contributed by atoms with Crippen molar-refractivity contribution >= 4 is 25.4 Å². The van der Waals surface area contributed by atoms with E-state index in [-0.39, 0.29) is 12.4 Å². The molecule has 0 radical (unpaired) electrons. The van der Waals surface area contributed by atoms with Gasteiger partial charge in [-0.1, -0.05) is 0 Å². The van der Waals surface area contributed by atoms with Gasteiger partial charge in [-0.3, -0.25) is 10.1 Å². The Morgan fingerprint density at radius 3 is 2.58 bits per heavy atom. The fraction of sp³-hybridized carbons (Fsp3) is 0.400. The predicted octanol–water partition coefficient (Wildman–Crippen LogP) is 2.45. The van der Waals surface area contributed by atoms with E-state index in [0.29, 0.717) is 18.1 Å². The number of ether oxygens (including phenoxy) is 1. The van der Waals surface area contributed by atoms with Gasteiger partial charge >= 0.3 is 5.69 Å². The van der Waals surface area contributed by atoms with Gasteiger partial charge in [0.05, 0.1) is 11.5 Å². The van der Waals surface area contributed by atoms with E-state index in [9.17, 15) is 22.9 Å². The Labute approximate surface area is 112 Å². The first-order valence-corrected chi connectivity index (χ1v) is 7.65. The van der Waals surface area contributed by atoms with Crippen molar-refractivity contribution in [2.24, 2.45) is 5.92 Å². The summed E-state index contributed by atoms with van der Waals surface area (Å²) in [5, 5.41) is 10.8. The zero-order chi connectivity index (χ0) is 14.2. The van der Waals surface area contributed by atoms with Gasteiger partial charge in [0.15, 0.2) is 5.75 Å². The maximum Gasteiger partial charge on any atom is 0.312 e. The van der Waals surface area contributed by atoms with Gasteiger partial charge in [-0.05, 0) is 18.8 Å². The molecule has 1 fully saturated rings. The molecule has 1 aliphatic rings. The van der Waals surface area contributed by atoms with Crippen molar-refractivity contribution in [1.29, 1.82) is 0 Å². The second-order valence-corrected chi connectivity index (χ2v) is 6.73. The van der Waals surface area contributed by atoms with Crippen LogP contribution in [-0.2, 0) is 9.05 Å². The topological polar surface area (TPSA) is 86.5 Å². The molecule has 1 aromatic rings. The van der Waals surface area contributed by atoms with Crippen molar-refractivity contribution in [1.82, 2.24) is 0 Å². The molecule has 1 aromatic carbocycles. The predicted molar refractivity (Wildman–Crippen MR) is 64.3 cm³/mol. The average molecular weight is 310 g/mol. The highest BCUT2D eigenvalue weighted by atomic mass is 35.7. The van der Waals surface area contributed by atoms with Crippen LogP contribution >= 0.6 is 10.7 Å². The molecule has 1 saturated carbocycles. The van der Waals surface area contributed by atoms with Crippen LogP contribution in [0.1, 0.15) is 12.8 Å². The maximum atomic E-state index is 13.6. The monoisotopic (exact) mass is 309 g/mol. The first-order valence-electron chi connectivity index (χ1n) is 5.34. The van der Waals surface area contributed by atoms with Gasteiger partial charge in [0.25, 0.3) is 9.05 Å². The lowest BCUT2D eigenvalue weighted by atomic mass is 10.3. The molecule has 2 rings (SSSR count). The Morgan fingerprint density at radius 2 is 2.11 bits per heavy atom. The minimum atomic E-state index is -4.39. The van der Waals surface area contributed by atoms with Crippen LogP contribution in [0.5, 0.6) is 5.75 Å². The zero-order valence-electron chi connectivity index (χ0n) is 9.51. The normalized spacial score (nSPS) is 15.3. The summed E-state index contributed by atoms with van der Waals surface area (Å²) in [6, 6.07) is 1.25. The van der Waals surface area contributed by atoms with Crippen LogP contribution in [0.4, 0.5) is 10.1 Å². The zero-order valence-corrected chi connectivity index (χ0v) is 11.1. The van der Waals surface area contributed by atoms with Crippen molar-refractivity contribution in [2.75, 3.05) is 6.61 Å². The van der Waals surface area contributed by atoms with Gasteiger partial charge in [-0.25, -0.2) is 12.8 Å². The molecule has 0 aromatic heterocycles. The molecule has 104 valence electrons. The van der Waals surface area contributed by atoms with Crippen LogP contribution in [0.2, 0.25) is 0 Å². The minimum Gasteiger partial charge on any atom is -0.486 e. The number of hydrogen-bond acceptors (Lipinski definition) is 5. The summed E-state index contributed by atoms with van der Waals surface area (Å²) in [4.78, 5) is 9.07. The van der Waals surface area contributed by atoms with Crippen LogP contribution in [0.15, 0.2) is 17.0 Å². The van der Waals surface area contributed by atoms with Crippen molar-refractivity contribution in [3.63, 3.8) is 0 Å². The Bertz CT molecular complexity index is 629. The standard InChI is InChI=1S/C10H9ClFNO5S/c11-19(16,17)10-4-8(13(14)15)9(3-7(10)12)18-5-6-1-2-6/h3-4,6H,1-2,5H2. The number of benzene rings is 1. The van der Waals surface area contributed by atoms with Gasteiger partial charge in [-0.2, -0.15) is 0 Å². The first kappa shape index (κ1) is 14.0. The Kier molecular flexibility index (Phi) is 3.64. The lowest BCUT2D eigenvalue weighted by molar-refractivity contribution is -0.386. The molecular formula is C10H9ClFNO5S. The smallest absolute Gasteiger partial charge is 0.312 e. The molecule has 9 heteroatoms. The maximum absolute atomic E-state index is 13.6. The minimum absolute atomic E-state index is 0.243. The summed E-state index contributed by atoms with van der Waals surface area (Å²) in [7, 11) is 0.611. The van der Waals surface area contributed by atoms with Gasteiger partial charge in [0.2, 0.25) is 0 Å². The Morgan fingerprint density at radius 1 is 1.47 bits per heavy atom. The fourth-order valence-corrected chi connectivity index (χ4v) is 2.36. The van der Waals surface area contributed by atoms with E-state index in [1.807, 2.05) is 0 Å². The summed E-state index contributed by atoms with van der Waals surface area (Å²) < 4.78 is 40.9. The summed E-state index contributed by atoms with van der Waals surface area (Å²) in [5.41, 5.74) is -0.624.